The molecule has 0 aliphatic heterocycles. The van der Waals surface area contributed by atoms with Crippen molar-refractivity contribution in [3.05, 3.63) is 48.7 Å². The fourth-order valence-corrected chi connectivity index (χ4v) is 4.18. The minimum atomic E-state index is -2.49. The second-order valence-corrected chi connectivity index (χ2v) is 8.24. The molecule has 6 heteroatoms. The van der Waals surface area contributed by atoms with E-state index >= 15 is 0 Å². The first kappa shape index (κ1) is 19.9. The van der Waals surface area contributed by atoms with E-state index in [1.54, 1.807) is 14.2 Å². The summed E-state index contributed by atoms with van der Waals surface area (Å²) in [5.74, 6) is 0. The molecule has 1 N–H and O–H groups in total. The van der Waals surface area contributed by atoms with E-state index in [9.17, 15) is 0 Å². The van der Waals surface area contributed by atoms with Crippen LogP contribution in [0.5, 0.6) is 0 Å². The monoisotopic (exact) mass is 338 g/mol. The predicted octanol–water partition coefficient (Wildman–Crippen LogP) is 2.84. The van der Waals surface area contributed by atoms with Crippen LogP contribution in [-0.2, 0) is 19.8 Å². The summed E-state index contributed by atoms with van der Waals surface area (Å²) in [4.78, 5) is 2.17. The number of nitrogens with one attached hydrogen (secondary N) is 1. The van der Waals surface area contributed by atoms with E-state index in [2.05, 4.69) is 48.0 Å². The van der Waals surface area contributed by atoms with Crippen LogP contribution in [0.4, 0.5) is 0 Å². The van der Waals surface area contributed by atoms with E-state index in [-0.39, 0.29) is 0 Å². The minimum absolute atomic E-state index is 0.435. The second-order valence-electron chi connectivity index (χ2n) is 5.27. The van der Waals surface area contributed by atoms with Gasteiger partial charge in [-0.3, -0.25) is 5.32 Å². The van der Waals surface area contributed by atoms with Gasteiger partial charge < -0.3 is 18.2 Å². The summed E-state index contributed by atoms with van der Waals surface area (Å²) >= 11 is 0. The van der Waals surface area contributed by atoms with Gasteiger partial charge in [-0.05, 0) is 11.8 Å². The number of benzene rings is 1. The SMILES string of the molecule is C=CN(CCNCO[Si](CCC)(OC)OC)Cc1ccccc1. The van der Waals surface area contributed by atoms with Crippen molar-refractivity contribution in [1.29, 1.82) is 0 Å². The van der Waals surface area contributed by atoms with Gasteiger partial charge >= 0.3 is 8.80 Å². The maximum absolute atomic E-state index is 5.84. The van der Waals surface area contributed by atoms with Crippen molar-refractivity contribution in [2.75, 3.05) is 34.0 Å². The van der Waals surface area contributed by atoms with Crippen molar-refractivity contribution < 1.29 is 13.3 Å². The highest BCUT2D eigenvalue weighted by Gasteiger charge is 2.37. The van der Waals surface area contributed by atoms with Crippen LogP contribution in [0.15, 0.2) is 43.1 Å². The number of nitrogens with zero attached hydrogens (tertiary/aromatic N) is 1. The van der Waals surface area contributed by atoms with Crippen molar-refractivity contribution in [3.63, 3.8) is 0 Å². The van der Waals surface area contributed by atoms with Gasteiger partial charge in [-0.25, -0.2) is 0 Å². The topological polar surface area (TPSA) is 43.0 Å². The molecule has 0 amide bonds. The summed E-state index contributed by atoms with van der Waals surface area (Å²) < 4.78 is 16.8. The highest BCUT2D eigenvalue weighted by molar-refractivity contribution is 6.60. The third kappa shape index (κ3) is 7.28. The van der Waals surface area contributed by atoms with Crippen molar-refractivity contribution in [2.45, 2.75) is 25.9 Å². The third-order valence-corrected chi connectivity index (χ3v) is 6.58. The van der Waals surface area contributed by atoms with Gasteiger partial charge in [-0.1, -0.05) is 50.3 Å². The Bertz CT molecular complexity index is 427. The molecular weight excluding hydrogens is 308 g/mol. The van der Waals surface area contributed by atoms with Crippen molar-refractivity contribution in [2.24, 2.45) is 0 Å². The Morgan fingerprint density at radius 2 is 1.91 bits per heavy atom. The number of rotatable bonds is 13. The Labute approximate surface area is 141 Å². The first-order chi connectivity index (χ1) is 11.2. The Morgan fingerprint density at radius 3 is 2.48 bits per heavy atom. The molecule has 1 rings (SSSR count). The summed E-state index contributed by atoms with van der Waals surface area (Å²) in [6.45, 7) is 8.95. The Kier molecular flexibility index (Phi) is 9.82. The molecular formula is C17H30N2O3Si. The zero-order chi connectivity index (χ0) is 17.0. The predicted molar refractivity (Wildman–Crippen MR) is 95.9 cm³/mol. The van der Waals surface area contributed by atoms with Gasteiger partial charge in [-0.15, -0.1) is 0 Å². The fourth-order valence-electron chi connectivity index (χ4n) is 2.29. The molecule has 0 heterocycles. The van der Waals surface area contributed by atoms with Crippen LogP contribution in [0.3, 0.4) is 0 Å². The van der Waals surface area contributed by atoms with Crippen LogP contribution in [-0.4, -0.2) is 47.7 Å². The van der Waals surface area contributed by atoms with E-state index in [0.29, 0.717) is 6.73 Å². The summed E-state index contributed by atoms with van der Waals surface area (Å²) in [6.07, 6.45) is 2.85. The molecule has 0 spiro atoms. The van der Waals surface area contributed by atoms with Crippen LogP contribution in [0.25, 0.3) is 0 Å². The molecule has 0 fully saturated rings. The number of hydrogen-bond acceptors (Lipinski definition) is 5. The molecule has 130 valence electrons. The summed E-state index contributed by atoms with van der Waals surface area (Å²) in [7, 11) is 0.829. The first-order valence-corrected chi connectivity index (χ1v) is 9.98. The molecule has 0 bridgehead atoms. The molecule has 5 nitrogen and oxygen atoms in total. The molecule has 0 radical (unpaired) electrons. The van der Waals surface area contributed by atoms with Gasteiger partial charge in [0.15, 0.2) is 0 Å². The smallest absolute Gasteiger partial charge is 0.377 e. The van der Waals surface area contributed by atoms with E-state index in [1.165, 1.54) is 5.56 Å². The van der Waals surface area contributed by atoms with E-state index in [4.69, 9.17) is 13.3 Å². The lowest BCUT2D eigenvalue weighted by Crippen LogP contribution is -2.46. The number of hydrogen-bond donors (Lipinski definition) is 1. The second kappa shape index (κ2) is 11.4. The average Bonchev–Trinajstić information content (AvgIpc) is 2.60. The van der Waals surface area contributed by atoms with Gasteiger partial charge in [0.1, 0.15) is 0 Å². The molecule has 1 aromatic carbocycles. The van der Waals surface area contributed by atoms with E-state index in [0.717, 1.165) is 32.1 Å². The lowest BCUT2D eigenvalue weighted by atomic mass is 10.2. The molecule has 0 aliphatic carbocycles. The maximum atomic E-state index is 5.84. The van der Waals surface area contributed by atoms with Gasteiger partial charge in [0, 0.05) is 39.9 Å². The molecule has 0 unspecified atom stereocenters. The Balaban J connectivity index is 2.28. The van der Waals surface area contributed by atoms with Crippen LogP contribution in [0, 0.1) is 0 Å². The van der Waals surface area contributed by atoms with Crippen LogP contribution < -0.4 is 5.32 Å². The standard InChI is InChI=1S/C17H30N2O3Si/c1-5-14-23(20-3,21-4)22-16-18-12-13-19(6-2)15-17-10-8-7-9-11-17/h6-11,18H,2,5,12-16H2,1,3-4H3. The largest absolute Gasteiger partial charge is 0.501 e. The molecule has 1 aromatic rings. The molecule has 0 saturated heterocycles. The zero-order valence-electron chi connectivity index (χ0n) is 14.6. The third-order valence-electron chi connectivity index (χ3n) is 3.63. The fraction of sp³-hybridized carbons (Fsp3) is 0.529. The lowest BCUT2D eigenvalue weighted by molar-refractivity contribution is 0.0893. The van der Waals surface area contributed by atoms with E-state index in [1.807, 2.05) is 12.3 Å². The van der Waals surface area contributed by atoms with Crippen LogP contribution in [0.2, 0.25) is 6.04 Å². The minimum Gasteiger partial charge on any atom is -0.377 e. The van der Waals surface area contributed by atoms with Crippen molar-refractivity contribution >= 4 is 8.80 Å². The Hall–Kier alpha value is -1.18. The molecule has 0 atom stereocenters. The van der Waals surface area contributed by atoms with Gasteiger partial charge in [0.05, 0.1) is 6.73 Å². The Morgan fingerprint density at radius 1 is 1.22 bits per heavy atom. The molecule has 23 heavy (non-hydrogen) atoms. The zero-order valence-corrected chi connectivity index (χ0v) is 15.6. The molecule has 0 saturated carbocycles. The van der Waals surface area contributed by atoms with Gasteiger partial charge in [0.25, 0.3) is 0 Å². The lowest BCUT2D eigenvalue weighted by Gasteiger charge is -2.26. The normalized spacial score (nSPS) is 11.4. The van der Waals surface area contributed by atoms with Gasteiger partial charge in [-0.2, -0.15) is 0 Å². The first-order valence-electron chi connectivity index (χ1n) is 8.05. The van der Waals surface area contributed by atoms with Crippen LogP contribution >= 0.6 is 0 Å². The summed E-state index contributed by atoms with van der Waals surface area (Å²) in [5.41, 5.74) is 1.27. The summed E-state index contributed by atoms with van der Waals surface area (Å²) in [5, 5.41) is 3.28. The average molecular weight is 339 g/mol. The summed E-state index contributed by atoms with van der Waals surface area (Å²) in [6, 6.07) is 11.2. The highest BCUT2D eigenvalue weighted by Crippen LogP contribution is 2.15. The maximum Gasteiger partial charge on any atom is 0.501 e. The molecule has 0 aromatic heterocycles. The van der Waals surface area contributed by atoms with E-state index < -0.39 is 8.80 Å². The van der Waals surface area contributed by atoms with Crippen molar-refractivity contribution in [3.8, 4) is 0 Å². The highest BCUT2D eigenvalue weighted by atomic mass is 28.4. The van der Waals surface area contributed by atoms with Crippen LogP contribution in [0.1, 0.15) is 18.9 Å². The van der Waals surface area contributed by atoms with Crippen molar-refractivity contribution in [1.82, 2.24) is 10.2 Å². The quantitative estimate of drug-likeness (QED) is 0.340. The molecule has 0 aliphatic rings. The van der Waals surface area contributed by atoms with Gasteiger partial charge in [0.2, 0.25) is 0 Å².